The Balaban J connectivity index is 2.11. The summed E-state index contributed by atoms with van der Waals surface area (Å²) in [5.41, 5.74) is 0.570. The molecule has 1 aliphatic heterocycles. The number of para-hydroxylation sites is 1. The fourth-order valence-corrected chi connectivity index (χ4v) is 2.16. The number of amides is 1. The zero-order chi connectivity index (χ0) is 13.7. The van der Waals surface area contributed by atoms with Gasteiger partial charge in [0, 0.05) is 13.1 Å². The highest BCUT2D eigenvalue weighted by molar-refractivity contribution is 5.97. The van der Waals surface area contributed by atoms with Gasteiger partial charge < -0.3 is 14.7 Å². The minimum absolute atomic E-state index is 0.0356. The van der Waals surface area contributed by atoms with Crippen molar-refractivity contribution < 1.29 is 14.6 Å². The van der Waals surface area contributed by atoms with E-state index in [0.29, 0.717) is 43.9 Å². The topological polar surface area (TPSA) is 49.8 Å². The molecule has 0 aliphatic carbocycles. The summed E-state index contributed by atoms with van der Waals surface area (Å²) in [6.07, 6.45) is 2.65. The number of rotatable bonds is 4. The van der Waals surface area contributed by atoms with Crippen LogP contribution in [0.1, 0.15) is 23.2 Å². The maximum Gasteiger partial charge on any atom is 0.257 e. The van der Waals surface area contributed by atoms with E-state index in [0.717, 1.165) is 0 Å². The lowest BCUT2D eigenvalue weighted by Gasteiger charge is -2.30. The summed E-state index contributed by atoms with van der Waals surface area (Å²) in [7, 11) is 0. The van der Waals surface area contributed by atoms with E-state index < -0.39 is 0 Å². The van der Waals surface area contributed by atoms with Gasteiger partial charge in [0.2, 0.25) is 0 Å². The first-order valence-corrected chi connectivity index (χ1v) is 6.52. The second kappa shape index (κ2) is 6.38. The molecular formula is C15H19NO3. The Morgan fingerprint density at radius 3 is 2.79 bits per heavy atom. The molecule has 1 aromatic rings. The summed E-state index contributed by atoms with van der Waals surface area (Å²) in [4.78, 5) is 14.2. The van der Waals surface area contributed by atoms with Gasteiger partial charge in [-0.1, -0.05) is 24.8 Å². The molecule has 1 fully saturated rings. The van der Waals surface area contributed by atoms with E-state index in [2.05, 4.69) is 6.58 Å². The van der Waals surface area contributed by atoms with Crippen LogP contribution >= 0.6 is 0 Å². The zero-order valence-electron chi connectivity index (χ0n) is 10.9. The summed E-state index contributed by atoms with van der Waals surface area (Å²) in [6, 6.07) is 7.23. The maximum atomic E-state index is 12.4. The van der Waals surface area contributed by atoms with Crippen molar-refractivity contribution >= 4 is 5.91 Å². The van der Waals surface area contributed by atoms with Crippen LogP contribution in [0.4, 0.5) is 0 Å². The third kappa shape index (κ3) is 3.35. The first-order chi connectivity index (χ1) is 9.22. The van der Waals surface area contributed by atoms with Gasteiger partial charge in [0.25, 0.3) is 5.91 Å². The van der Waals surface area contributed by atoms with Crippen molar-refractivity contribution in [3.05, 3.63) is 42.5 Å². The number of benzene rings is 1. The van der Waals surface area contributed by atoms with Gasteiger partial charge in [-0.15, -0.1) is 0 Å². The molecular weight excluding hydrogens is 242 g/mol. The minimum Gasteiger partial charge on any atom is -0.489 e. The van der Waals surface area contributed by atoms with Gasteiger partial charge in [-0.25, -0.2) is 0 Å². The second-order valence-electron chi connectivity index (χ2n) is 4.62. The second-order valence-corrected chi connectivity index (χ2v) is 4.62. The average Bonchev–Trinajstić information content (AvgIpc) is 2.45. The van der Waals surface area contributed by atoms with Crippen LogP contribution in [0, 0.1) is 0 Å². The summed E-state index contributed by atoms with van der Waals surface area (Å²) < 4.78 is 5.50. The third-order valence-corrected chi connectivity index (χ3v) is 3.23. The number of carbonyl (C=O) groups is 1. The number of nitrogens with zero attached hydrogens (tertiary/aromatic N) is 1. The molecule has 0 unspecified atom stereocenters. The average molecular weight is 261 g/mol. The van der Waals surface area contributed by atoms with Crippen LogP contribution in [0.2, 0.25) is 0 Å². The molecule has 0 bridgehead atoms. The van der Waals surface area contributed by atoms with Crippen LogP contribution < -0.4 is 4.74 Å². The zero-order valence-corrected chi connectivity index (χ0v) is 10.9. The molecule has 1 aliphatic rings. The van der Waals surface area contributed by atoms with E-state index >= 15 is 0 Å². The molecule has 19 heavy (non-hydrogen) atoms. The largest absolute Gasteiger partial charge is 0.489 e. The van der Waals surface area contributed by atoms with E-state index in [-0.39, 0.29) is 12.0 Å². The predicted molar refractivity (Wildman–Crippen MR) is 73.3 cm³/mol. The van der Waals surface area contributed by atoms with Crippen LogP contribution in [0.15, 0.2) is 36.9 Å². The molecule has 0 saturated carbocycles. The van der Waals surface area contributed by atoms with Crippen LogP contribution in [0.25, 0.3) is 0 Å². The van der Waals surface area contributed by atoms with Crippen molar-refractivity contribution in [1.29, 1.82) is 0 Å². The van der Waals surface area contributed by atoms with Crippen molar-refractivity contribution in [1.82, 2.24) is 4.90 Å². The number of likely N-dealkylation sites (tertiary alicyclic amines) is 1. The number of carbonyl (C=O) groups excluding carboxylic acids is 1. The Morgan fingerprint density at radius 2 is 2.11 bits per heavy atom. The Kier molecular flexibility index (Phi) is 4.58. The first kappa shape index (κ1) is 13.6. The number of ether oxygens (including phenoxy) is 1. The van der Waals surface area contributed by atoms with Crippen LogP contribution in [0.3, 0.4) is 0 Å². The summed E-state index contributed by atoms with van der Waals surface area (Å²) in [5.74, 6) is 0.546. The minimum atomic E-state index is -0.281. The molecule has 4 nitrogen and oxygen atoms in total. The highest BCUT2D eigenvalue weighted by atomic mass is 16.5. The first-order valence-electron chi connectivity index (χ1n) is 6.52. The lowest BCUT2D eigenvalue weighted by molar-refractivity contribution is 0.0543. The molecule has 0 aromatic heterocycles. The Bertz CT molecular complexity index is 450. The van der Waals surface area contributed by atoms with Crippen LogP contribution in [0.5, 0.6) is 5.75 Å². The monoisotopic (exact) mass is 261 g/mol. The van der Waals surface area contributed by atoms with Gasteiger partial charge in [0.1, 0.15) is 12.4 Å². The molecule has 1 heterocycles. The molecule has 1 saturated heterocycles. The third-order valence-electron chi connectivity index (χ3n) is 3.23. The highest BCUT2D eigenvalue weighted by Gasteiger charge is 2.24. The summed E-state index contributed by atoms with van der Waals surface area (Å²) >= 11 is 0. The van der Waals surface area contributed by atoms with Gasteiger partial charge in [-0.2, -0.15) is 0 Å². The van der Waals surface area contributed by atoms with Crippen molar-refractivity contribution in [2.45, 2.75) is 18.9 Å². The highest BCUT2D eigenvalue weighted by Crippen LogP contribution is 2.22. The van der Waals surface area contributed by atoms with Crippen molar-refractivity contribution in [2.75, 3.05) is 19.7 Å². The Morgan fingerprint density at radius 1 is 1.42 bits per heavy atom. The molecule has 1 N–H and O–H groups in total. The number of aliphatic hydroxyl groups is 1. The normalized spacial score (nSPS) is 16.2. The lowest BCUT2D eigenvalue weighted by atomic mass is 10.1. The lowest BCUT2D eigenvalue weighted by Crippen LogP contribution is -2.40. The molecule has 4 heteroatoms. The number of hydrogen-bond donors (Lipinski definition) is 1. The maximum absolute atomic E-state index is 12.4. The van der Waals surface area contributed by atoms with Gasteiger partial charge in [-0.3, -0.25) is 4.79 Å². The van der Waals surface area contributed by atoms with Crippen molar-refractivity contribution in [2.24, 2.45) is 0 Å². The number of hydrogen-bond acceptors (Lipinski definition) is 3. The number of piperidine rings is 1. The van der Waals surface area contributed by atoms with E-state index in [1.165, 1.54) is 0 Å². The van der Waals surface area contributed by atoms with E-state index in [1.807, 2.05) is 12.1 Å². The standard InChI is InChI=1S/C15H19NO3/c1-2-11-19-14-6-4-3-5-13(14)15(18)16-9-7-12(17)8-10-16/h2-6,12,17H,1,7-11H2. The Labute approximate surface area is 113 Å². The summed E-state index contributed by atoms with van der Waals surface area (Å²) in [5, 5.41) is 9.48. The molecule has 0 atom stereocenters. The SMILES string of the molecule is C=CCOc1ccccc1C(=O)N1CCC(O)CC1. The molecule has 1 amide bonds. The van der Waals surface area contributed by atoms with Gasteiger partial charge in [-0.05, 0) is 25.0 Å². The quantitative estimate of drug-likeness (QED) is 0.841. The van der Waals surface area contributed by atoms with Gasteiger partial charge in [0.15, 0.2) is 0 Å². The van der Waals surface area contributed by atoms with E-state index in [4.69, 9.17) is 4.74 Å². The van der Waals surface area contributed by atoms with Crippen molar-refractivity contribution in [3.63, 3.8) is 0 Å². The smallest absolute Gasteiger partial charge is 0.257 e. The Hall–Kier alpha value is -1.81. The summed E-state index contributed by atoms with van der Waals surface area (Å²) in [6.45, 7) is 5.16. The van der Waals surface area contributed by atoms with Gasteiger partial charge >= 0.3 is 0 Å². The molecule has 1 aromatic carbocycles. The van der Waals surface area contributed by atoms with Crippen LogP contribution in [-0.2, 0) is 0 Å². The number of aliphatic hydroxyl groups excluding tert-OH is 1. The molecule has 0 spiro atoms. The molecule has 2 rings (SSSR count). The molecule has 102 valence electrons. The fourth-order valence-electron chi connectivity index (χ4n) is 2.16. The van der Waals surface area contributed by atoms with Crippen molar-refractivity contribution in [3.8, 4) is 5.75 Å². The van der Waals surface area contributed by atoms with Gasteiger partial charge in [0.05, 0.1) is 11.7 Å². The molecule has 0 radical (unpaired) electrons. The predicted octanol–water partition coefficient (Wildman–Crippen LogP) is 1.85. The van der Waals surface area contributed by atoms with E-state index in [1.54, 1.807) is 23.1 Å². The van der Waals surface area contributed by atoms with Crippen LogP contribution in [-0.4, -0.2) is 41.7 Å². The fraction of sp³-hybridized carbons (Fsp3) is 0.400. The van der Waals surface area contributed by atoms with E-state index in [9.17, 15) is 9.90 Å².